The Hall–Kier alpha value is -4.23. The molecule has 1 N–H and O–H groups in total. The van der Waals surface area contributed by atoms with Crippen molar-refractivity contribution in [3.8, 4) is 11.4 Å². The van der Waals surface area contributed by atoms with Gasteiger partial charge in [0.1, 0.15) is 5.82 Å². The molecule has 1 fully saturated rings. The van der Waals surface area contributed by atoms with Crippen LogP contribution in [0.25, 0.3) is 11.4 Å². The van der Waals surface area contributed by atoms with Crippen molar-refractivity contribution in [1.82, 2.24) is 19.8 Å². The first-order chi connectivity index (χ1) is 18.5. The van der Waals surface area contributed by atoms with E-state index in [9.17, 15) is 9.59 Å². The minimum absolute atomic E-state index is 0.129. The van der Waals surface area contributed by atoms with Gasteiger partial charge in [0.05, 0.1) is 17.3 Å². The van der Waals surface area contributed by atoms with E-state index in [1.165, 1.54) is 11.1 Å². The summed E-state index contributed by atoms with van der Waals surface area (Å²) in [5.74, 6) is 0.0756. The fourth-order valence-corrected chi connectivity index (χ4v) is 4.86. The summed E-state index contributed by atoms with van der Waals surface area (Å²) in [7, 11) is 0. The van der Waals surface area contributed by atoms with Crippen LogP contribution in [-0.4, -0.2) is 64.4 Å². The van der Waals surface area contributed by atoms with Crippen LogP contribution in [0.15, 0.2) is 84.9 Å². The molecular formula is C31H32N4O3. The lowest BCUT2D eigenvalue weighted by molar-refractivity contribution is -0.136. The molecular weight excluding hydrogens is 476 g/mol. The Balaban J connectivity index is 1.15. The number of amides is 1. The Morgan fingerprint density at radius 3 is 1.95 bits per heavy atom. The highest BCUT2D eigenvalue weighted by atomic mass is 16.5. The Morgan fingerprint density at radius 1 is 0.842 bits per heavy atom. The van der Waals surface area contributed by atoms with Gasteiger partial charge in [-0.2, -0.15) is 0 Å². The largest absolute Gasteiger partial charge is 0.452 e. The molecule has 7 nitrogen and oxygen atoms in total. The Morgan fingerprint density at radius 2 is 1.42 bits per heavy atom. The fraction of sp³-hybridized carbons (Fsp3) is 0.258. The molecule has 1 aromatic heterocycles. The second-order valence-corrected chi connectivity index (χ2v) is 9.59. The van der Waals surface area contributed by atoms with E-state index in [1.54, 1.807) is 17.0 Å². The van der Waals surface area contributed by atoms with E-state index < -0.39 is 5.97 Å². The molecule has 7 heteroatoms. The third kappa shape index (κ3) is 5.68. The molecule has 0 atom stereocenters. The van der Waals surface area contributed by atoms with Crippen molar-refractivity contribution in [2.45, 2.75) is 19.9 Å². The number of aromatic amines is 1. The average Bonchev–Trinajstić information content (AvgIpc) is 3.31. The molecule has 1 saturated heterocycles. The Labute approximate surface area is 223 Å². The number of hydrogen-bond acceptors (Lipinski definition) is 5. The molecule has 0 radical (unpaired) electrons. The van der Waals surface area contributed by atoms with Crippen LogP contribution < -0.4 is 0 Å². The Kier molecular flexibility index (Phi) is 7.65. The summed E-state index contributed by atoms with van der Waals surface area (Å²) < 4.78 is 5.36. The van der Waals surface area contributed by atoms with Gasteiger partial charge in [0.15, 0.2) is 6.61 Å². The maximum atomic E-state index is 12.8. The van der Waals surface area contributed by atoms with Gasteiger partial charge in [-0.25, -0.2) is 9.78 Å². The zero-order valence-corrected chi connectivity index (χ0v) is 21.8. The van der Waals surface area contributed by atoms with Gasteiger partial charge in [0, 0.05) is 37.4 Å². The number of piperazine rings is 1. The number of nitrogens with zero attached hydrogens (tertiary/aromatic N) is 3. The maximum Gasteiger partial charge on any atom is 0.338 e. The van der Waals surface area contributed by atoms with Crippen LogP contribution in [0.1, 0.15) is 38.9 Å². The fourth-order valence-electron chi connectivity index (χ4n) is 4.86. The lowest BCUT2D eigenvalue weighted by Gasteiger charge is -2.39. The number of esters is 1. The summed E-state index contributed by atoms with van der Waals surface area (Å²) in [4.78, 5) is 37.3. The van der Waals surface area contributed by atoms with Gasteiger partial charge in [-0.05, 0) is 37.1 Å². The van der Waals surface area contributed by atoms with Crippen LogP contribution in [0.4, 0.5) is 0 Å². The number of imidazole rings is 1. The molecule has 2 heterocycles. The SMILES string of the molecule is Cc1nc(-c2ccc(C(=O)OCC(=O)N3CCN(C(c4ccccc4)c4ccccc4)CC3)cc2)[nH]c1C. The number of H-pyrrole nitrogens is 1. The van der Waals surface area contributed by atoms with Gasteiger partial charge in [-0.3, -0.25) is 9.69 Å². The molecule has 1 amide bonds. The highest BCUT2D eigenvalue weighted by Crippen LogP contribution is 2.29. The van der Waals surface area contributed by atoms with Crippen molar-refractivity contribution >= 4 is 11.9 Å². The van der Waals surface area contributed by atoms with Crippen LogP contribution in [0, 0.1) is 13.8 Å². The molecule has 0 bridgehead atoms. The number of nitrogens with one attached hydrogen (secondary N) is 1. The summed E-state index contributed by atoms with van der Waals surface area (Å²) in [5.41, 5.74) is 5.71. The van der Waals surface area contributed by atoms with Crippen molar-refractivity contribution in [3.05, 3.63) is 113 Å². The molecule has 0 spiro atoms. The minimum atomic E-state index is -0.511. The summed E-state index contributed by atoms with van der Waals surface area (Å²) >= 11 is 0. The number of aromatic nitrogens is 2. The molecule has 38 heavy (non-hydrogen) atoms. The number of carbonyl (C=O) groups is 2. The lowest BCUT2D eigenvalue weighted by atomic mass is 9.96. The van der Waals surface area contributed by atoms with Gasteiger partial charge in [-0.1, -0.05) is 72.8 Å². The molecule has 1 aliphatic rings. The van der Waals surface area contributed by atoms with Gasteiger partial charge >= 0.3 is 5.97 Å². The smallest absolute Gasteiger partial charge is 0.338 e. The Bertz CT molecular complexity index is 1320. The highest BCUT2D eigenvalue weighted by Gasteiger charge is 2.28. The third-order valence-corrected chi connectivity index (χ3v) is 7.11. The van der Waals surface area contributed by atoms with Crippen LogP contribution in [-0.2, 0) is 9.53 Å². The minimum Gasteiger partial charge on any atom is -0.452 e. The topological polar surface area (TPSA) is 78.5 Å². The monoisotopic (exact) mass is 508 g/mol. The molecule has 5 rings (SSSR count). The quantitative estimate of drug-likeness (QED) is 0.364. The van der Waals surface area contributed by atoms with Crippen molar-refractivity contribution in [3.63, 3.8) is 0 Å². The predicted molar refractivity (Wildman–Crippen MR) is 147 cm³/mol. The van der Waals surface area contributed by atoms with Gasteiger partial charge < -0.3 is 14.6 Å². The van der Waals surface area contributed by atoms with E-state index >= 15 is 0 Å². The number of rotatable bonds is 7. The first-order valence-corrected chi connectivity index (χ1v) is 12.9. The average molecular weight is 509 g/mol. The second kappa shape index (κ2) is 11.4. The number of ether oxygens (including phenoxy) is 1. The molecule has 3 aromatic carbocycles. The van der Waals surface area contributed by atoms with E-state index in [-0.39, 0.29) is 18.6 Å². The second-order valence-electron chi connectivity index (χ2n) is 9.59. The van der Waals surface area contributed by atoms with Crippen molar-refractivity contribution < 1.29 is 14.3 Å². The van der Waals surface area contributed by atoms with Crippen LogP contribution in [0.5, 0.6) is 0 Å². The summed E-state index contributed by atoms with van der Waals surface area (Å²) in [6, 6.07) is 28.1. The van der Waals surface area contributed by atoms with Crippen LogP contribution in [0.2, 0.25) is 0 Å². The van der Waals surface area contributed by atoms with Crippen LogP contribution >= 0.6 is 0 Å². The molecule has 0 unspecified atom stereocenters. The van der Waals surface area contributed by atoms with Gasteiger partial charge in [-0.15, -0.1) is 0 Å². The van der Waals surface area contributed by atoms with Crippen molar-refractivity contribution in [2.24, 2.45) is 0 Å². The lowest BCUT2D eigenvalue weighted by Crippen LogP contribution is -2.50. The molecule has 1 aliphatic heterocycles. The molecule has 0 aliphatic carbocycles. The molecule has 194 valence electrons. The van der Waals surface area contributed by atoms with Crippen molar-refractivity contribution in [2.75, 3.05) is 32.8 Å². The first kappa shape index (κ1) is 25.4. The standard InChI is InChI=1S/C31H32N4O3/c1-22-23(2)33-30(32-22)26-13-15-27(16-14-26)31(37)38-21-28(36)34-17-19-35(20-18-34)29(24-9-5-3-6-10-24)25-11-7-4-8-12-25/h3-16,29H,17-21H2,1-2H3,(H,32,33). The van der Waals surface area contributed by atoms with Crippen molar-refractivity contribution in [1.29, 1.82) is 0 Å². The summed E-state index contributed by atoms with van der Waals surface area (Å²) in [6.45, 7) is 6.30. The zero-order valence-electron chi connectivity index (χ0n) is 21.8. The molecule has 4 aromatic rings. The number of carbonyl (C=O) groups excluding carboxylic acids is 2. The predicted octanol–water partition coefficient (Wildman–Crippen LogP) is 4.78. The normalized spacial score (nSPS) is 14.0. The maximum absolute atomic E-state index is 12.8. The summed E-state index contributed by atoms with van der Waals surface area (Å²) in [6.07, 6.45) is 0. The molecule has 0 saturated carbocycles. The number of benzene rings is 3. The zero-order chi connectivity index (χ0) is 26.5. The number of aryl methyl sites for hydroxylation is 2. The van der Waals surface area contributed by atoms with Gasteiger partial charge in [0.25, 0.3) is 5.91 Å². The van der Waals surface area contributed by atoms with E-state index in [2.05, 4.69) is 63.4 Å². The van der Waals surface area contributed by atoms with E-state index in [0.29, 0.717) is 18.7 Å². The highest BCUT2D eigenvalue weighted by molar-refractivity contribution is 5.91. The van der Waals surface area contributed by atoms with Gasteiger partial charge in [0.2, 0.25) is 0 Å². The van der Waals surface area contributed by atoms with Crippen LogP contribution in [0.3, 0.4) is 0 Å². The summed E-state index contributed by atoms with van der Waals surface area (Å²) in [5, 5.41) is 0. The van der Waals surface area contributed by atoms with E-state index in [0.717, 1.165) is 35.9 Å². The van der Waals surface area contributed by atoms with E-state index in [1.807, 2.05) is 38.1 Å². The number of hydrogen-bond donors (Lipinski definition) is 1. The third-order valence-electron chi connectivity index (χ3n) is 7.11. The first-order valence-electron chi connectivity index (χ1n) is 12.9. The van der Waals surface area contributed by atoms with E-state index in [4.69, 9.17) is 4.74 Å².